The summed E-state index contributed by atoms with van der Waals surface area (Å²) in [5, 5.41) is 19.8. The molecule has 30 heavy (non-hydrogen) atoms. The lowest BCUT2D eigenvalue weighted by molar-refractivity contribution is -0.387. The van der Waals surface area contributed by atoms with Crippen LogP contribution in [0.15, 0.2) is 23.4 Å². The largest absolute Gasteiger partial charge is 0.463 e. The van der Waals surface area contributed by atoms with Crippen molar-refractivity contribution >= 4 is 21.5 Å². The molecule has 1 aromatic heterocycles. The highest BCUT2D eigenvalue weighted by Gasteiger charge is 2.31. The van der Waals surface area contributed by atoms with Crippen molar-refractivity contribution in [2.45, 2.75) is 19.0 Å². The Morgan fingerprint density at radius 2 is 1.97 bits per heavy atom. The number of carbonyl (C=O) groups is 1. The number of hydrogen-bond donors (Lipinski definition) is 0. The maximum Gasteiger partial charge on any atom is 0.392 e. The number of sulfone groups is 1. The van der Waals surface area contributed by atoms with Crippen LogP contribution in [-0.4, -0.2) is 48.7 Å². The average molecular weight is 436 g/mol. The molecule has 1 heterocycles. The van der Waals surface area contributed by atoms with Gasteiger partial charge in [-0.1, -0.05) is 0 Å². The molecular formula is C17H16N4O8S. The number of benzene rings is 1. The van der Waals surface area contributed by atoms with Gasteiger partial charge in [-0.3, -0.25) is 10.1 Å². The van der Waals surface area contributed by atoms with Crippen LogP contribution in [0.3, 0.4) is 0 Å². The highest BCUT2D eigenvalue weighted by atomic mass is 32.2. The molecular weight excluding hydrogens is 420 g/mol. The first-order valence-electron chi connectivity index (χ1n) is 8.30. The summed E-state index contributed by atoms with van der Waals surface area (Å²) in [6.45, 7) is 2.48. The highest BCUT2D eigenvalue weighted by molar-refractivity contribution is 7.90. The summed E-state index contributed by atoms with van der Waals surface area (Å²) in [5.74, 6) is -2.26. The minimum absolute atomic E-state index is 0.0506. The summed E-state index contributed by atoms with van der Waals surface area (Å²) in [7, 11) is -4.01. The van der Waals surface area contributed by atoms with Crippen LogP contribution in [0, 0.1) is 28.4 Å². The smallest absolute Gasteiger partial charge is 0.392 e. The summed E-state index contributed by atoms with van der Waals surface area (Å²) in [5.41, 5.74) is -0.00244. The summed E-state index contributed by atoms with van der Waals surface area (Å²) >= 11 is 0. The topological polar surface area (TPSA) is 172 Å². The van der Waals surface area contributed by atoms with Crippen LogP contribution in [-0.2, 0) is 19.4 Å². The number of carbonyl (C=O) groups excluding carboxylic acids is 1. The highest BCUT2D eigenvalue weighted by Crippen LogP contribution is 2.37. The molecule has 0 bridgehead atoms. The monoisotopic (exact) mass is 436 g/mol. The van der Waals surface area contributed by atoms with E-state index in [0.717, 1.165) is 6.26 Å². The summed E-state index contributed by atoms with van der Waals surface area (Å²) in [6, 6.07) is 6.16. The average Bonchev–Trinajstić information content (AvgIpc) is 2.65. The molecule has 0 saturated heterocycles. The van der Waals surface area contributed by atoms with Crippen LogP contribution in [0.1, 0.15) is 18.1 Å². The normalized spacial score (nSPS) is 10.7. The molecule has 158 valence electrons. The van der Waals surface area contributed by atoms with Crippen molar-refractivity contribution in [3.05, 3.63) is 39.4 Å². The van der Waals surface area contributed by atoms with E-state index in [1.807, 2.05) is 6.07 Å². The number of rotatable bonds is 8. The van der Waals surface area contributed by atoms with Crippen molar-refractivity contribution in [3.63, 3.8) is 0 Å². The minimum atomic E-state index is -4.01. The van der Waals surface area contributed by atoms with Gasteiger partial charge in [0.15, 0.2) is 6.61 Å². The van der Waals surface area contributed by atoms with Crippen molar-refractivity contribution < 1.29 is 32.3 Å². The number of nitrogens with zero attached hydrogens (tertiary/aromatic N) is 4. The van der Waals surface area contributed by atoms with E-state index in [4.69, 9.17) is 14.7 Å². The van der Waals surface area contributed by atoms with Crippen LogP contribution >= 0.6 is 0 Å². The second-order valence-electron chi connectivity index (χ2n) is 5.78. The second kappa shape index (κ2) is 9.14. The Balaban J connectivity index is 2.57. The fourth-order valence-corrected chi connectivity index (χ4v) is 2.65. The van der Waals surface area contributed by atoms with E-state index in [2.05, 4.69) is 14.7 Å². The molecule has 0 saturated carbocycles. The predicted molar refractivity (Wildman–Crippen MR) is 99.9 cm³/mol. The minimum Gasteiger partial charge on any atom is -0.463 e. The molecule has 1 aromatic carbocycles. The number of esters is 1. The molecule has 2 rings (SSSR count). The summed E-state index contributed by atoms with van der Waals surface area (Å²) in [4.78, 5) is 29.4. The number of aromatic nitrogens is 2. The van der Waals surface area contributed by atoms with Gasteiger partial charge in [0.05, 0.1) is 23.2 Å². The number of aryl methyl sites for hydroxylation is 1. The first kappa shape index (κ1) is 22.5. The Bertz CT molecular complexity index is 1140. The SMILES string of the molecule is CCOC(=O)COc1nc(S(C)(=O)=O)nc(Oc2ccc(C#N)c(C)c2)c1[N+](=O)[O-]. The molecule has 12 nitrogen and oxygen atoms in total. The van der Waals surface area contributed by atoms with Gasteiger partial charge in [-0.2, -0.15) is 15.2 Å². The van der Waals surface area contributed by atoms with E-state index in [0.29, 0.717) is 11.1 Å². The maximum absolute atomic E-state index is 11.9. The van der Waals surface area contributed by atoms with E-state index in [1.165, 1.54) is 18.2 Å². The molecule has 0 aliphatic carbocycles. The maximum atomic E-state index is 11.9. The Morgan fingerprint density at radius 3 is 2.50 bits per heavy atom. The number of nitriles is 1. The van der Waals surface area contributed by atoms with Gasteiger partial charge >= 0.3 is 23.4 Å². The van der Waals surface area contributed by atoms with E-state index < -0.39 is 49.9 Å². The Hall–Kier alpha value is -3.79. The molecule has 0 aliphatic rings. The molecule has 0 unspecified atom stereocenters. The first-order valence-corrected chi connectivity index (χ1v) is 10.2. The van der Waals surface area contributed by atoms with Crippen LogP contribution in [0.5, 0.6) is 17.5 Å². The van der Waals surface area contributed by atoms with Crippen LogP contribution in [0.2, 0.25) is 0 Å². The van der Waals surface area contributed by atoms with E-state index in [9.17, 15) is 23.3 Å². The van der Waals surface area contributed by atoms with Gasteiger partial charge < -0.3 is 14.2 Å². The van der Waals surface area contributed by atoms with Crippen molar-refractivity contribution in [3.8, 4) is 23.6 Å². The van der Waals surface area contributed by atoms with Crippen LogP contribution in [0.4, 0.5) is 5.69 Å². The first-order chi connectivity index (χ1) is 14.1. The molecule has 0 amide bonds. The molecule has 0 atom stereocenters. The Kier molecular flexibility index (Phi) is 6.85. The zero-order valence-corrected chi connectivity index (χ0v) is 16.9. The van der Waals surface area contributed by atoms with Crippen molar-refractivity contribution in [1.29, 1.82) is 5.26 Å². The molecule has 0 N–H and O–H groups in total. The standard InChI is InChI=1S/C17H16N4O8S/c1-4-27-13(22)9-28-15-14(21(23)24)16(20-17(19-15)30(3,25)26)29-12-6-5-11(8-18)10(2)7-12/h5-7H,4,9H2,1-3H3. The molecule has 0 radical (unpaired) electrons. The van der Waals surface area contributed by atoms with Gasteiger partial charge in [0.25, 0.3) is 5.16 Å². The molecule has 0 fully saturated rings. The number of ether oxygens (including phenoxy) is 3. The quantitative estimate of drug-likeness (QED) is 0.255. The lowest BCUT2D eigenvalue weighted by Gasteiger charge is -2.11. The molecule has 0 spiro atoms. The molecule has 2 aromatic rings. The van der Waals surface area contributed by atoms with E-state index >= 15 is 0 Å². The lowest BCUT2D eigenvalue weighted by Crippen LogP contribution is -2.17. The summed E-state index contributed by atoms with van der Waals surface area (Å²) < 4.78 is 39.0. The van der Waals surface area contributed by atoms with E-state index in [1.54, 1.807) is 13.8 Å². The van der Waals surface area contributed by atoms with E-state index in [-0.39, 0.29) is 12.4 Å². The third-order valence-electron chi connectivity index (χ3n) is 3.48. The third-order valence-corrected chi connectivity index (χ3v) is 4.32. The van der Waals surface area contributed by atoms with Crippen molar-refractivity contribution in [2.24, 2.45) is 0 Å². The van der Waals surface area contributed by atoms with Gasteiger partial charge in [-0.05, 0) is 37.6 Å². The number of hydrogen-bond acceptors (Lipinski definition) is 11. The van der Waals surface area contributed by atoms with Crippen LogP contribution < -0.4 is 9.47 Å². The van der Waals surface area contributed by atoms with Gasteiger partial charge in [0.1, 0.15) is 5.75 Å². The molecule has 0 aliphatic heterocycles. The lowest BCUT2D eigenvalue weighted by atomic mass is 10.1. The predicted octanol–water partition coefficient (Wildman–Crippen LogP) is 1.70. The fourth-order valence-electron chi connectivity index (χ4n) is 2.16. The van der Waals surface area contributed by atoms with Gasteiger partial charge in [0.2, 0.25) is 9.84 Å². The molecule has 13 heteroatoms. The zero-order chi connectivity index (χ0) is 22.5. The summed E-state index contributed by atoms with van der Waals surface area (Å²) in [6.07, 6.45) is 0.791. The zero-order valence-electron chi connectivity index (χ0n) is 16.1. The van der Waals surface area contributed by atoms with Gasteiger partial charge in [0, 0.05) is 6.26 Å². The van der Waals surface area contributed by atoms with Crippen LogP contribution in [0.25, 0.3) is 0 Å². The van der Waals surface area contributed by atoms with Gasteiger partial charge in [-0.15, -0.1) is 0 Å². The Morgan fingerprint density at radius 1 is 1.30 bits per heavy atom. The van der Waals surface area contributed by atoms with Crippen molar-refractivity contribution in [1.82, 2.24) is 9.97 Å². The number of nitro groups is 1. The third kappa shape index (κ3) is 5.39. The second-order valence-corrected chi connectivity index (χ2v) is 7.69. The fraction of sp³-hybridized carbons (Fsp3) is 0.294. The Labute approximate surface area is 171 Å². The van der Waals surface area contributed by atoms with Gasteiger partial charge in [-0.25, -0.2) is 13.2 Å². The van der Waals surface area contributed by atoms with Crippen molar-refractivity contribution in [2.75, 3.05) is 19.5 Å².